The van der Waals surface area contributed by atoms with Crippen LogP contribution in [0.1, 0.15) is 17.0 Å². The first-order chi connectivity index (χ1) is 21.5. The maximum Gasteiger partial charge on any atom is 0.229 e. The number of hydrogen-bond donors (Lipinski definition) is 9. The van der Waals surface area contributed by atoms with Crippen molar-refractivity contribution < 1.29 is 79.1 Å². The fourth-order valence-electron chi connectivity index (χ4n) is 5.64. The van der Waals surface area contributed by atoms with Crippen LogP contribution in [0.4, 0.5) is 0 Å². The Kier molecular flexibility index (Phi) is 10.1. The van der Waals surface area contributed by atoms with Crippen molar-refractivity contribution in [2.45, 2.75) is 73.8 Å². The zero-order valence-corrected chi connectivity index (χ0v) is 24.4. The molecule has 0 aliphatic carbocycles. The predicted octanol–water partition coefficient (Wildman–Crippen LogP) is -2.51. The van der Waals surface area contributed by atoms with Gasteiger partial charge < -0.3 is 79.1 Å². The van der Waals surface area contributed by atoms with Gasteiger partial charge in [0.15, 0.2) is 11.5 Å². The molecule has 0 bridgehead atoms. The molecule has 3 aliphatic rings. The molecule has 2 fully saturated rings. The zero-order valence-electron chi connectivity index (χ0n) is 24.4. The molecule has 0 amide bonds. The number of phenolic OH excluding ortho intramolecular Hbond substituents is 1. The van der Waals surface area contributed by atoms with Gasteiger partial charge in [-0.2, -0.15) is 0 Å². The van der Waals surface area contributed by atoms with Gasteiger partial charge in [0.2, 0.25) is 24.1 Å². The van der Waals surface area contributed by atoms with Crippen LogP contribution in [0.3, 0.4) is 0 Å². The molecule has 45 heavy (non-hydrogen) atoms. The van der Waals surface area contributed by atoms with Crippen molar-refractivity contribution in [2.24, 2.45) is 0 Å². The predicted molar refractivity (Wildman–Crippen MR) is 148 cm³/mol. The van der Waals surface area contributed by atoms with Gasteiger partial charge in [-0.15, -0.1) is 0 Å². The number of aromatic hydroxyl groups is 1. The number of ether oxygens (including phenoxy) is 7. The summed E-state index contributed by atoms with van der Waals surface area (Å²) in [6, 6.07) is 6.11. The second-order valence-corrected chi connectivity index (χ2v) is 11.0. The SMILES string of the molecule is COc1c(O[C@@H]2O[C@@H](CO)[C@H](O)[C@H](O)[C@@H]2O)cc([C@H]2COc3cc(O)ccc3C2)c(O[C@@H]2O[C@@H](CO)[C@@H](O)[C@H](O)[C@H]2O)c1OC. The molecule has 9 N–H and O–H groups in total. The minimum Gasteiger partial charge on any atom is -0.508 e. The number of rotatable bonds is 9. The summed E-state index contributed by atoms with van der Waals surface area (Å²) >= 11 is 0. The van der Waals surface area contributed by atoms with Gasteiger partial charge >= 0.3 is 0 Å². The van der Waals surface area contributed by atoms with E-state index in [1.165, 1.54) is 32.4 Å². The molecule has 250 valence electrons. The summed E-state index contributed by atoms with van der Waals surface area (Å²) in [5, 5.41) is 91.7. The Morgan fingerprint density at radius 3 is 1.84 bits per heavy atom. The highest BCUT2D eigenvalue weighted by Gasteiger charge is 2.47. The quantitative estimate of drug-likeness (QED) is 0.137. The molecule has 16 nitrogen and oxygen atoms in total. The van der Waals surface area contributed by atoms with E-state index in [4.69, 9.17) is 33.2 Å². The lowest BCUT2D eigenvalue weighted by molar-refractivity contribution is -0.278. The van der Waals surface area contributed by atoms with Gasteiger partial charge in [-0.25, -0.2) is 0 Å². The van der Waals surface area contributed by atoms with Crippen LogP contribution >= 0.6 is 0 Å². The van der Waals surface area contributed by atoms with Crippen molar-refractivity contribution in [3.05, 3.63) is 35.4 Å². The Morgan fingerprint density at radius 2 is 1.29 bits per heavy atom. The van der Waals surface area contributed by atoms with Crippen LogP contribution in [0.5, 0.6) is 34.5 Å². The van der Waals surface area contributed by atoms with E-state index in [1.807, 2.05) is 0 Å². The highest BCUT2D eigenvalue weighted by Crippen LogP contribution is 2.51. The lowest BCUT2D eigenvalue weighted by atomic mass is 9.89. The Labute approximate surface area is 257 Å². The number of fused-ring (bicyclic) bond motifs is 1. The number of hydrogen-bond acceptors (Lipinski definition) is 16. The molecule has 3 heterocycles. The molecule has 0 saturated carbocycles. The number of benzene rings is 2. The van der Waals surface area contributed by atoms with Crippen LogP contribution in [0.15, 0.2) is 24.3 Å². The van der Waals surface area contributed by atoms with Crippen LogP contribution in [-0.4, -0.2) is 141 Å². The Morgan fingerprint density at radius 1 is 0.711 bits per heavy atom. The van der Waals surface area contributed by atoms with E-state index in [-0.39, 0.29) is 35.4 Å². The van der Waals surface area contributed by atoms with Crippen molar-refractivity contribution in [1.82, 2.24) is 0 Å². The van der Waals surface area contributed by atoms with Gasteiger partial charge in [0.05, 0.1) is 34.0 Å². The molecule has 0 aromatic heterocycles. The summed E-state index contributed by atoms with van der Waals surface area (Å²) in [6.45, 7) is -1.32. The number of aliphatic hydroxyl groups excluding tert-OH is 8. The van der Waals surface area contributed by atoms with Crippen LogP contribution in [0.2, 0.25) is 0 Å². The third-order valence-corrected chi connectivity index (χ3v) is 8.16. The minimum absolute atomic E-state index is 0.0140. The van der Waals surface area contributed by atoms with Crippen LogP contribution in [0.25, 0.3) is 0 Å². The molecule has 0 spiro atoms. The monoisotopic (exact) mass is 642 g/mol. The second-order valence-electron chi connectivity index (χ2n) is 11.0. The van der Waals surface area contributed by atoms with E-state index in [0.717, 1.165) is 5.56 Å². The van der Waals surface area contributed by atoms with Crippen molar-refractivity contribution >= 4 is 0 Å². The molecule has 3 aliphatic heterocycles. The summed E-state index contributed by atoms with van der Waals surface area (Å²) in [5.41, 5.74) is 1.07. The highest BCUT2D eigenvalue weighted by atomic mass is 16.7. The van der Waals surface area contributed by atoms with Crippen molar-refractivity contribution in [3.63, 3.8) is 0 Å². The van der Waals surface area contributed by atoms with Crippen molar-refractivity contribution in [1.29, 1.82) is 0 Å². The van der Waals surface area contributed by atoms with Gasteiger partial charge in [0.1, 0.15) is 60.3 Å². The summed E-state index contributed by atoms with van der Waals surface area (Å²) in [7, 11) is 2.57. The van der Waals surface area contributed by atoms with E-state index in [9.17, 15) is 46.0 Å². The third kappa shape index (κ3) is 6.31. The number of aliphatic hydroxyl groups is 8. The molecule has 0 radical (unpaired) electrons. The van der Waals surface area contributed by atoms with Gasteiger partial charge in [0, 0.05) is 17.5 Å². The lowest BCUT2D eigenvalue weighted by Gasteiger charge is -2.41. The molecule has 16 heteroatoms. The average molecular weight is 643 g/mol. The van der Waals surface area contributed by atoms with Gasteiger partial charge in [-0.3, -0.25) is 0 Å². The molecule has 2 aromatic rings. The summed E-state index contributed by atoms with van der Waals surface area (Å²) in [5.74, 6) is -0.357. The second kappa shape index (κ2) is 13.7. The maximum atomic E-state index is 10.7. The van der Waals surface area contributed by atoms with E-state index in [0.29, 0.717) is 17.7 Å². The minimum atomic E-state index is -1.76. The maximum absolute atomic E-state index is 10.7. The topological polar surface area (TPSA) is 247 Å². The molecule has 2 aromatic carbocycles. The van der Waals surface area contributed by atoms with Gasteiger partial charge in [0.25, 0.3) is 0 Å². The number of methoxy groups -OCH3 is 2. The normalized spacial score (nSPS) is 34.8. The van der Waals surface area contributed by atoms with E-state index >= 15 is 0 Å². The summed E-state index contributed by atoms with van der Waals surface area (Å²) < 4.78 is 40.3. The largest absolute Gasteiger partial charge is 0.508 e. The summed E-state index contributed by atoms with van der Waals surface area (Å²) in [4.78, 5) is 0. The van der Waals surface area contributed by atoms with E-state index in [2.05, 4.69) is 0 Å². The van der Waals surface area contributed by atoms with E-state index in [1.54, 1.807) is 6.07 Å². The Bertz CT molecular complexity index is 1320. The fraction of sp³-hybridized carbons (Fsp3) is 0.586. The van der Waals surface area contributed by atoms with Gasteiger partial charge in [-0.1, -0.05) is 6.07 Å². The first-order valence-corrected chi connectivity index (χ1v) is 14.2. The average Bonchev–Trinajstić information content (AvgIpc) is 3.04. The van der Waals surface area contributed by atoms with Crippen LogP contribution in [0, 0.1) is 0 Å². The lowest BCUT2D eigenvalue weighted by Crippen LogP contribution is -2.60. The fourth-order valence-corrected chi connectivity index (χ4v) is 5.64. The van der Waals surface area contributed by atoms with Gasteiger partial charge in [-0.05, 0) is 24.1 Å². The van der Waals surface area contributed by atoms with E-state index < -0.39 is 80.5 Å². The smallest absolute Gasteiger partial charge is 0.229 e. The highest BCUT2D eigenvalue weighted by molar-refractivity contribution is 5.64. The zero-order chi connectivity index (χ0) is 32.6. The third-order valence-electron chi connectivity index (χ3n) is 8.16. The van der Waals surface area contributed by atoms with Crippen LogP contribution in [-0.2, 0) is 15.9 Å². The Hall–Kier alpha value is -3.16. The molecule has 11 atom stereocenters. The number of phenols is 1. The molecular weight excluding hydrogens is 604 g/mol. The first-order valence-electron chi connectivity index (χ1n) is 14.2. The molecule has 5 rings (SSSR count). The summed E-state index contributed by atoms with van der Waals surface area (Å²) in [6.07, 6.45) is -15.6. The molecule has 2 saturated heterocycles. The van der Waals surface area contributed by atoms with Crippen molar-refractivity contribution in [3.8, 4) is 34.5 Å². The Balaban J connectivity index is 1.59. The standard InChI is InChI=1S/C29H38O16/c1-39-26-16(42-28-23(37)21(35)19(33)17(8-30)43-28)7-14(12-5-11-3-4-13(32)6-15(11)41-10-12)25(27(26)40-2)45-29-24(38)22(36)20(34)18(9-31)44-29/h3-4,6-7,12,17-24,28-38H,5,8-10H2,1-2H3/t12-,17+,18+,19+,20-,21+,22+,23+,24-,28-,29+/m1/s1. The molecular formula is C29H38O16. The van der Waals surface area contributed by atoms with Crippen LogP contribution < -0.4 is 23.7 Å². The van der Waals surface area contributed by atoms with Crippen molar-refractivity contribution in [2.75, 3.05) is 34.0 Å². The first kappa shape index (κ1) is 33.2. The molecule has 0 unspecified atom stereocenters.